The van der Waals surface area contributed by atoms with E-state index in [-0.39, 0.29) is 11.9 Å². The summed E-state index contributed by atoms with van der Waals surface area (Å²) in [5.74, 6) is -0.233. The van der Waals surface area contributed by atoms with E-state index in [1.165, 1.54) is 0 Å². The van der Waals surface area contributed by atoms with Gasteiger partial charge in [0.1, 0.15) is 0 Å². The first-order valence-corrected chi connectivity index (χ1v) is 9.95. The lowest BCUT2D eigenvalue weighted by molar-refractivity contribution is 0.0941. The average Bonchev–Trinajstić information content (AvgIpc) is 2.60. The molecule has 3 rings (SSSR count). The third-order valence-electron chi connectivity index (χ3n) is 3.91. The molecule has 1 amide bonds. The summed E-state index contributed by atoms with van der Waals surface area (Å²) in [5, 5.41) is 3.83. The standard InChI is InChI=1S/C19H19N3O3S/c1-13(15-7-3-9-16(12-15)22-26(2,24)25)21-19(23)17-10-4-6-14-8-5-11-20-18(14)17/h3-13,22H,1-2H3,(H,21,23). The maximum absolute atomic E-state index is 12.7. The minimum absolute atomic E-state index is 0.233. The second-order valence-electron chi connectivity index (χ2n) is 6.08. The highest BCUT2D eigenvalue weighted by atomic mass is 32.2. The molecule has 1 unspecified atom stereocenters. The predicted molar refractivity (Wildman–Crippen MR) is 103 cm³/mol. The quantitative estimate of drug-likeness (QED) is 0.723. The van der Waals surface area contributed by atoms with Gasteiger partial charge in [-0.1, -0.05) is 30.3 Å². The van der Waals surface area contributed by atoms with Gasteiger partial charge >= 0.3 is 0 Å². The zero-order valence-electron chi connectivity index (χ0n) is 14.4. The molecule has 1 heterocycles. The van der Waals surface area contributed by atoms with Crippen molar-refractivity contribution in [3.63, 3.8) is 0 Å². The van der Waals surface area contributed by atoms with Crippen LogP contribution in [-0.4, -0.2) is 25.6 Å². The smallest absolute Gasteiger partial charge is 0.253 e. The van der Waals surface area contributed by atoms with Crippen LogP contribution in [0.5, 0.6) is 0 Å². The lowest BCUT2D eigenvalue weighted by Gasteiger charge is -2.16. The second-order valence-corrected chi connectivity index (χ2v) is 7.82. The van der Waals surface area contributed by atoms with Crippen molar-refractivity contribution < 1.29 is 13.2 Å². The van der Waals surface area contributed by atoms with Gasteiger partial charge in [-0.3, -0.25) is 14.5 Å². The number of para-hydroxylation sites is 1. The number of pyridine rings is 1. The zero-order chi connectivity index (χ0) is 18.7. The number of anilines is 1. The minimum Gasteiger partial charge on any atom is -0.345 e. The molecule has 0 saturated carbocycles. The fraction of sp³-hybridized carbons (Fsp3) is 0.158. The molecule has 0 aliphatic heterocycles. The molecule has 134 valence electrons. The molecule has 2 N–H and O–H groups in total. The van der Waals surface area contributed by atoms with E-state index in [4.69, 9.17) is 0 Å². The average molecular weight is 369 g/mol. The molecule has 6 nitrogen and oxygen atoms in total. The van der Waals surface area contributed by atoms with E-state index in [1.807, 2.05) is 37.3 Å². The summed E-state index contributed by atoms with van der Waals surface area (Å²) in [4.78, 5) is 17.0. The Morgan fingerprint density at radius 1 is 1.08 bits per heavy atom. The number of carbonyl (C=O) groups excluding carboxylic acids is 1. The van der Waals surface area contributed by atoms with E-state index in [1.54, 1.807) is 30.5 Å². The molecular weight excluding hydrogens is 350 g/mol. The zero-order valence-corrected chi connectivity index (χ0v) is 15.2. The highest BCUT2D eigenvalue weighted by Gasteiger charge is 2.15. The van der Waals surface area contributed by atoms with Gasteiger partial charge in [0.25, 0.3) is 5.91 Å². The largest absolute Gasteiger partial charge is 0.345 e. The van der Waals surface area contributed by atoms with Gasteiger partial charge in [-0.2, -0.15) is 0 Å². The van der Waals surface area contributed by atoms with Gasteiger partial charge in [-0.25, -0.2) is 8.42 Å². The van der Waals surface area contributed by atoms with E-state index in [2.05, 4.69) is 15.0 Å². The predicted octanol–water partition coefficient (Wildman–Crippen LogP) is 3.10. The van der Waals surface area contributed by atoms with Crippen LogP contribution in [0.1, 0.15) is 28.9 Å². The van der Waals surface area contributed by atoms with Gasteiger partial charge in [-0.05, 0) is 36.8 Å². The Kier molecular flexibility index (Phi) is 4.90. The van der Waals surface area contributed by atoms with Crippen LogP contribution in [0.4, 0.5) is 5.69 Å². The second kappa shape index (κ2) is 7.13. The normalized spacial score (nSPS) is 12.5. The molecule has 0 saturated heterocycles. The summed E-state index contributed by atoms with van der Waals surface area (Å²) in [6.07, 6.45) is 2.75. The van der Waals surface area contributed by atoms with Crippen LogP contribution in [0.3, 0.4) is 0 Å². The maximum atomic E-state index is 12.7. The SMILES string of the molecule is CC(NC(=O)c1cccc2cccnc12)c1cccc(NS(C)(=O)=O)c1. The van der Waals surface area contributed by atoms with Crippen molar-refractivity contribution >= 4 is 32.5 Å². The van der Waals surface area contributed by atoms with Crippen molar-refractivity contribution in [2.24, 2.45) is 0 Å². The number of benzene rings is 2. The number of nitrogens with one attached hydrogen (secondary N) is 2. The molecule has 3 aromatic rings. The van der Waals surface area contributed by atoms with Gasteiger partial charge < -0.3 is 5.32 Å². The fourth-order valence-corrected chi connectivity index (χ4v) is 3.29. The van der Waals surface area contributed by atoms with Crippen molar-refractivity contribution in [2.45, 2.75) is 13.0 Å². The van der Waals surface area contributed by atoms with Crippen LogP contribution in [0.15, 0.2) is 60.8 Å². The van der Waals surface area contributed by atoms with Crippen molar-refractivity contribution in [3.8, 4) is 0 Å². The van der Waals surface area contributed by atoms with Crippen LogP contribution in [-0.2, 0) is 10.0 Å². The summed E-state index contributed by atoms with van der Waals surface area (Å²) in [6, 6.07) is 15.8. The Balaban J connectivity index is 1.82. The molecular formula is C19H19N3O3S. The molecule has 7 heteroatoms. The number of rotatable bonds is 5. The number of fused-ring (bicyclic) bond motifs is 1. The summed E-state index contributed by atoms with van der Waals surface area (Å²) in [6.45, 7) is 1.84. The topological polar surface area (TPSA) is 88.2 Å². The summed E-state index contributed by atoms with van der Waals surface area (Å²) < 4.78 is 25.2. The number of carbonyl (C=O) groups is 1. The molecule has 0 aliphatic carbocycles. The highest BCUT2D eigenvalue weighted by Crippen LogP contribution is 2.20. The summed E-state index contributed by atoms with van der Waals surface area (Å²) >= 11 is 0. The number of hydrogen-bond donors (Lipinski definition) is 2. The van der Waals surface area contributed by atoms with Crippen LogP contribution in [0.2, 0.25) is 0 Å². The highest BCUT2D eigenvalue weighted by molar-refractivity contribution is 7.92. The van der Waals surface area contributed by atoms with E-state index in [0.717, 1.165) is 17.2 Å². The Morgan fingerprint density at radius 3 is 2.58 bits per heavy atom. The molecule has 26 heavy (non-hydrogen) atoms. The molecule has 2 aromatic carbocycles. The van der Waals surface area contributed by atoms with Crippen molar-refractivity contribution in [2.75, 3.05) is 11.0 Å². The summed E-state index contributed by atoms with van der Waals surface area (Å²) in [5.41, 5.74) is 2.39. The molecule has 0 radical (unpaired) electrons. The van der Waals surface area contributed by atoms with Gasteiger partial charge in [-0.15, -0.1) is 0 Å². The molecule has 0 spiro atoms. The van der Waals surface area contributed by atoms with Gasteiger partial charge in [0.15, 0.2) is 0 Å². The molecule has 0 aliphatic rings. The number of amides is 1. The summed E-state index contributed by atoms with van der Waals surface area (Å²) in [7, 11) is -3.36. The van der Waals surface area contributed by atoms with Crippen molar-refractivity contribution in [3.05, 3.63) is 71.9 Å². The van der Waals surface area contributed by atoms with E-state index in [0.29, 0.717) is 16.8 Å². The number of nitrogens with zero attached hydrogens (tertiary/aromatic N) is 1. The Hall–Kier alpha value is -2.93. The molecule has 1 aromatic heterocycles. The van der Waals surface area contributed by atoms with E-state index < -0.39 is 10.0 Å². The first-order valence-electron chi connectivity index (χ1n) is 8.06. The van der Waals surface area contributed by atoms with E-state index in [9.17, 15) is 13.2 Å². The van der Waals surface area contributed by atoms with Crippen LogP contribution in [0.25, 0.3) is 10.9 Å². The van der Waals surface area contributed by atoms with Crippen LogP contribution >= 0.6 is 0 Å². The molecule has 0 bridgehead atoms. The van der Waals surface area contributed by atoms with Gasteiger partial charge in [0.05, 0.1) is 23.4 Å². The number of hydrogen-bond acceptors (Lipinski definition) is 4. The first-order chi connectivity index (χ1) is 12.3. The Morgan fingerprint density at radius 2 is 1.81 bits per heavy atom. The number of sulfonamides is 1. The molecule has 1 atom stereocenters. The number of aromatic nitrogens is 1. The van der Waals surface area contributed by atoms with Crippen molar-refractivity contribution in [1.29, 1.82) is 0 Å². The van der Waals surface area contributed by atoms with Crippen molar-refractivity contribution in [1.82, 2.24) is 10.3 Å². The fourth-order valence-electron chi connectivity index (χ4n) is 2.73. The van der Waals surface area contributed by atoms with Gasteiger partial charge in [0, 0.05) is 17.3 Å². The van der Waals surface area contributed by atoms with E-state index >= 15 is 0 Å². The third kappa shape index (κ3) is 4.18. The molecule has 0 fully saturated rings. The first kappa shape index (κ1) is 17.9. The lowest BCUT2D eigenvalue weighted by Crippen LogP contribution is -2.27. The van der Waals surface area contributed by atoms with Crippen LogP contribution in [0, 0.1) is 0 Å². The van der Waals surface area contributed by atoms with Gasteiger partial charge in [0.2, 0.25) is 10.0 Å². The Labute approximate surface area is 152 Å². The third-order valence-corrected chi connectivity index (χ3v) is 4.52. The lowest BCUT2D eigenvalue weighted by atomic mass is 10.1. The maximum Gasteiger partial charge on any atom is 0.253 e. The monoisotopic (exact) mass is 369 g/mol. The Bertz CT molecular complexity index is 1060. The van der Waals surface area contributed by atoms with Crippen LogP contribution < -0.4 is 10.0 Å². The minimum atomic E-state index is -3.36.